The van der Waals surface area contributed by atoms with Gasteiger partial charge in [0.15, 0.2) is 0 Å². The summed E-state index contributed by atoms with van der Waals surface area (Å²) >= 11 is 0. The molecule has 0 aromatic heterocycles. The first-order chi connectivity index (χ1) is 16.6. The molecular weight excluding hydrogens is 529 g/mol. The number of ether oxygens (including phenoxy) is 1. The van der Waals surface area contributed by atoms with Crippen molar-refractivity contribution in [1.82, 2.24) is 4.90 Å². The fraction of sp³-hybridized carbons (Fsp3) is 0.571. The van der Waals surface area contributed by atoms with Crippen LogP contribution in [0.25, 0.3) is 0 Å². The molecule has 0 unspecified atom stereocenters. The van der Waals surface area contributed by atoms with Crippen LogP contribution in [0.5, 0.6) is 5.75 Å². The zero-order valence-corrected chi connectivity index (χ0v) is 19.5. The smallest absolute Gasteiger partial charge is 0.455 e. The number of carbonyl (C=O) groups is 3. The summed E-state index contributed by atoms with van der Waals surface area (Å²) in [5.41, 5.74) is 1.83. The third-order valence-electron chi connectivity index (χ3n) is 5.63. The maximum absolute atomic E-state index is 14.2. The first-order valence-corrected chi connectivity index (χ1v) is 10.5. The van der Waals surface area contributed by atoms with Crippen LogP contribution in [0, 0.1) is 11.2 Å². The van der Waals surface area contributed by atoms with Gasteiger partial charge in [0, 0.05) is 6.07 Å². The molecule has 0 radical (unpaired) electrons. The van der Waals surface area contributed by atoms with Crippen molar-refractivity contribution >= 4 is 23.4 Å². The number of amides is 3. The summed E-state index contributed by atoms with van der Waals surface area (Å²) in [6.07, 6.45) is -13.6. The molecule has 0 spiro atoms. The van der Waals surface area contributed by atoms with Gasteiger partial charge in [-0.2, -0.15) is 35.1 Å². The average molecular weight is 551 g/mol. The molecule has 0 fully saturated rings. The Morgan fingerprint density at radius 3 is 2.11 bits per heavy atom. The number of halogens is 9. The molecule has 2 atom stereocenters. The normalized spacial score (nSPS) is 19.1. The van der Waals surface area contributed by atoms with E-state index < -0.39 is 90.3 Å². The molecule has 1 aliphatic rings. The summed E-state index contributed by atoms with van der Waals surface area (Å²) < 4.78 is 127. The van der Waals surface area contributed by atoms with Crippen LogP contribution in [0.3, 0.4) is 0 Å². The minimum Gasteiger partial charge on any atom is -0.486 e. The number of hydrogen-bond acceptors (Lipinski definition) is 4. The van der Waals surface area contributed by atoms with Gasteiger partial charge in [-0.1, -0.05) is 6.92 Å². The lowest BCUT2D eigenvalue weighted by Crippen LogP contribution is -2.64. The highest BCUT2D eigenvalue weighted by atomic mass is 19.4. The van der Waals surface area contributed by atoms with Gasteiger partial charge < -0.3 is 15.4 Å². The minimum atomic E-state index is -6.25. The number of anilines is 1. The molecule has 1 heterocycles. The minimum absolute atomic E-state index is 0.123. The highest BCUT2D eigenvalue weighted by Crippen LogP contribution is 2.41. The van der Waals surface area contributed by atoms with E-state index >= 15 is 0 Å². The molecule has 1 aromatic rings. The van der Waals surface area contributed by atoms with Gasteiger partial charge in [0.25, 0.3) is 5.91 Å². The first kappa shape index (κ1) is 30.0. The Hall–Kier alpha value is -3.20. The van der Waals surface area contributed by atoms with Crippen molar-refractivity contribution in [2.24, 2.45) is 11.1 Å². The Morgan fingerprint density at radius 2 is 1.65 bits per heavy atom. The van der Waals surface area contributed by atoms with Crippen molar-refractivity contribution in [2.75, 3.05) is 18.0 Å². The van der Waals surface area contributed by atoms with Crippen molar-refractivity contribution in [3.63, 3.8) is 0 Å². The number of primary amides is 1. The number of nitrogens with two attached hydrogens (primary N) is 1. The van der Waals surface area contributed by atoms with E-state index in [4.69, 9.17) is 10.5 Å². The van der Waals surface area contributed by atoms with Crippen LogP contribution >= 0.6 is 0 Å². The van der Waals surface area contributed by atoms with E-state index in [0.29, 0.717) is 6.07 Å². The van der Waals surface area contributed by atoms with Crippen LogP contribution in [-0.4, -0.2) is 66.1 Å². The molecule has 208 valence electrons. The van der Waals surface area contributed by atoms with E-state index in [1.165, 1.54) is 6.92 Å². The SMILES string of the molecule is CC[C@H]1Oc2ccc(F)cc2N(CC(F)(F)F)C(=O)[C@H]1N(CC(F)(F)C(F)(F)F)C(=O)C(C)(C)C(N)=O. The van der Waals surface area contributed by atoms with Crippen molar-refractivity contribution in [3.05, 3.63) is 24.0 Å². The molecule has 1 aromatic carbocycles. The van der Waals surface area contributed by atoms with Gasteiger partial charge in [-0.3, -0.25) is 19.3 Å². The lowest BCUT2D eigenvalue weighted by Gasteiger charge is -2.40. The van der Waals surface area contributed by atoms with Crippen molar-refractivity contribution in [3.8, 4) is 5.75 Å². The molecule has 7 nitrogen and oxygen atoms in total. The Balaban J connectivity index is 2.81. The average Bonchev–Trinajstić information content (AvgIpc) is 2.84. The summed E-state index contributed by atoms with van der Waals surface area (Å²) in [7, 11) is 0. The van der Waals surface area contributed by atoms with E-state index in [-0.39, 0.29) is 9.80 Å². The van der Waals surface area contributed by atoms with Crippen LogP contribution < -0.4 is 15.4 Å². The van der Waals surface area contributed by atoms with Gasteiger partial charge in [0.2, 0.25) is 11.8 Å². The molecule has 2 rings (SSSR count). The number of carbonyl (C=O) groups excluding carboxylic acids is 3. The third kappa shape index (κ3) is 6.21. The summed E-state index contributed by atoms with van der Waals surface area (Å²) in [6.45, 7) is -1.88. The number of fused-ring (bicyclic) bond motifs is 1. The second-order valence-corrected chi connectivity index (χ2v) is 8.79. The fourth-order valence-electron chi connectivity index (χ4n) is 3.51. The van der Waals surface area contributed by atoms with Gasteiger partial charge >= 0.3 is 18.3 Å². The van der Waals surface area contributed by atoms with Crippen LogP contribution in [-0.2, 0) is 14.4 Å². The molecule has 2 N–H and O–H groups in total. The molecule has 37 heavy (non-hydrogen) atoms. The second-order valence-electron chi connectivity index (χ2n) is 8.79. The first-order valence-electron chi connectivity index (χ1n) is 10.5. The number of benzene rings is 1. The summed E-state index contributed by atoms with van der Waals surface area (Å²) in [6, 6.07) is -0.477. The predicted octanol–water partition coefficient (Wildman–Crippen LogP) is 3.80. The Kier molecular flexibility index (Phi) is 8.06. The van der Waals surface area contributed by atoms with Gasteiger partial charge in [-0.15, -0.1) is 0 Å². The van der Waals surface area contributed by atoms with Crippen molar-refractivity contribution in [2.45, 2.75) is 57.6 Å². The number of nitrogens with zero attached hydrogens (tertiary/aromatic N) is 2. The Morgan fingerprint density at radius 1 is 1.08 bits per heavy atom. The summed E-state index contributed by atoms with van der Waals surface area (Å²) in [5, 5.41) is 0. The van der Waals surface area contributed by atoms with Gasteiger partial charge in [0.05, 0.1) is 12.2 Å². The number of alkyl halides is 8. The quantitative estimate of drug-likeness (QED) is 0.412. The van der Waals surface area contributed by atoms with Crippen LogP contribution in [0.1, 0.15) is 27.2 Å². The van der Waals surface area contributed by atoms with Gasteiger partial charge in [-0.05, 0) is 32.4 Å². The molecule has 3 amide bonds. The fourth-order valence-corrected chi connectivity index (χ4v) is 3.51. The van der Waals surface area contributed by atoms with Crippen LogP contribution in [0.4, 0.5) is 45.2 Å². The monoisotopic (exact) mass is 551 g/mol. The van der Waals surface area contributed by atoms with Crippen LogP contribution in [0.2, 0.25) is 0 Å². The molecule has 0 saturated carbocycles. The molecule has 0 bridgehead atoms. The molecule has 16 heteroatoms. The number of hydrogen-bond donors (Lipinski definition) is 1. The topological polar surface area (TPSA) is 92.9 Å². The second kappa shape index (κ2) is 9.93. The van der Waals surface area contributed by atoms with Crippen LogP contribution in [0.15, 0.2) is 18.2 Å². The highest BCUT2D eigenvalue weighted by Gasteiger charge is 2.61. The van der Waals surface area contributed by atoms with Crippen molar-refractivity contribution in [1.29, 1.82) is 0 Å². The predicted molar refractivity (Wildman–Crippen MR) is 109 cm³/mol. The molecule has 0 aliphatic carbocycles. The lowest BCUT2D eigenvalue weighted by atomic mass is 9.89. The third-order valence-corrected chi connectivity index (χ3v) is 5.63. The number of rotatable bonds is 7. The van der Waals surface area contributed by atoms with E-state index in [2.05, 4.69) is 0 Å². The maximum Gasteiger partial charge on any atom is 0.455 e. The van der Waals surface area contributed by atoms with E-state index in [0.717, 1.165) is 26.0 Å². The maximum atomic E-state index is 14.2. The van der Waals surface area contributed by atoms with Crippen molar-refractivity contribution < 1.29 is 58.6 Å². The standard InChI is InChI=1S/C21H22F9N3O4/c1-4-12-14(33(8-19(23,24)21(28,29)30)17(36)18(2,3)16(31)35)15(34)32(9-20(25,26)27)11-7-10(22)5-6-13(11)37-12/h5-7,12,14H,4,8-9H2,1-3H3,(H2,31,35)/t12-,14+/m1/s1. The van der Waals surface area contributed by atoms with E-state index in [9.17, 15) is 53.9 Å². The summed E-state index contributed by atoms with van der Waals surface area (Å²) in [4.78, 5) is 38.0. The molecule has 1 aliphatic heterocycles. The molecular formula is C21H22F9N3O4. The zero-order chi connectivity index (χ0) is 28.7. The Bertz CT molecular complexity index is 1060. The highest BCUT2D eigenvalue weighted by molar-refractivity contribution is 6.07. The van der Waals surface area contributed by atoms with E-state index in [1.807, 2.05) is 0 Å². The lowest BCUT2D eigenvalue weighted by molar-refractivity contribution is -0.287. The van der Waals surface area contributed by atoms with Gasteiger partial charge in [-0.25, -0.2) is 4.39 Å². The van der Waals surface area contributed by atoms with E-state index in [1.54, 1.807) is 0 Å². The molecule has 0 saturated heterocycles. The summed E-state index contributed by atoms with van der Waals surface area (Å²) in [5.74, 6) is -12.4. The zero-order valence-electron chi connectivity index (χ0n) is 19.5. The van der Waals surface area contributed by atoms with Gasteiger partial charge in [0.1, 0.15) is 35.7 Å². The Labute approximate surface area is 204 Å². The largest absolute Gasteiger partial charge is 0.486 e.